The van der Waals surface area contributed by atoms with Crippen molar-refractivity contribution in [2.75, 3.05) is 98.2 Å². The second-order valence-corrected chi connectivity index (χ2v) is 36.4. The van der Waals surface area contributed by atoms with Gasteiger partial charge in [0, 0.05) is 62.9 Å². The van der Waals surface area contributed by atoms with E-state index in [1.807, 2.05) is 79.9 Å². The number of hydrogen-bond acceptors (Lipinski definition) is 29. The number of urea groups is 5. The second kappa shape index (κ2) is 46.7. The van der Waals surface area contributed by atoms with E-state index in [1.54, 1.807) is 19.7 Å². The largest absolute Gasteiger partial charge is 0.480 e. The van der Waals surface area contributed by atoms with Crippen LogP contribution in [0.4, 0.5) is 24.0 Å². The first kappa shape index (κ1) is 99.5. The van der Waals surface area contributed by atoms with Crippen molar-refractivity contribution >= 4 is 135 Å². The summed E-state index contributed by atoms with van der Waals surface area (Å²) in [7, 11) is -3.43. The van der Waals surface area contributed by atoms with Gasteiger partial charge < -0.3 is 100 Å². The number of aliphatic carboxylic acids is 1. The predicted molar refractivity (Wildman–Crippen MR) is 462 cm³/mol. The van der Waals surface area contributed by atoms with Crippen LogP contribution >= 0.6 is 0 Å². The monoisotopic (exact) mass is 1850 g/mol. The molecule has 0 aromatic heterocycles. The molecule has 0 spiro atoms. The predicted octanol–water partition coefficient (Wildman–Crippen LogP) is -2.26. The minimum Gasteiger partial charge on any atom is -0.480 e. The molecule has 15 aliphatic heterocycles. The van der Waals surface area contributed by atoms with E-state index in [0.29, 0.717) is 133 Å². The van der Waals surface area contributed by atoms with Gasteiger partial charge in [-0.15, -0.1) is 8.57 Å². The zero-order valence-corrected chi connectivity index (χ0v) is 73.8. The fraction of sp³-hybridized carbons (Fsp3) is 0.667. The lowest BCUT2D eigenvalue weighted by Crippen LogP contribution is -2.54. The van der Waals surface area contributed by atoms with Gasteiger partial charge in [0.25, 0.3) is 29.7 Å². The average Bonchev–Trinajstić information content (AvgIpc) is 1.68. The first-order chi connectivity index (χ1) is 62.4. The fourth-order valence-corrected chi connectivity index (χ4v) is 19.6. The van der Waals surface area contributed by atoms with Gasteiger partial charge >= 0.3 is 56.9 Å². The maximum Gasteiger partial charge on any atom is 0.418 e. The number of amides is 14. The highest BCUT2D eigenvalue weighted by Crippen LogP contribution is 2.37. The SMILES string of the molecule is NC1CCN([B]C=O)CC1.O=C(NC1CCNCC1)[C@@H]1CC[C@@H]2CN1C(=O)N2OS(=O)(=O)O.O=C(O)[C@@H]1CC[C@@H]2CN1C(=O)N2OCc1ccccc1.O=C[B]N1CCC(NC(=O)[C@@H]2CC[C@@H]3CN2C(=O)N3O)CC1.O=C[B]N1CCC(NC(=O)[C@@H]2CC[C@@H]3CN2C(=O)N3OCc2ccccc2)CC1.O=C[B]N1CCC(NC(=O)[C@@H]2CC[C@@H]3CN2C(=O)N3OS(=O)(=O)O)CC1. The molecule has 2 aromatic carbocycles. The van der Waals surface area contributed by atoms with Crippen LogP contribution in [0.25, 0.3) is 0 Å². The smallest absolute Gasteiger partial charge is 0.418 e. The van der Waals surface area contributed by atoms with Crippen LogP contribution in [0.3, 0.4) is 0 Å². The Balaban J connectivity index is 0.000000144. The molecule has 52 heteroatoms. The molecule has 11 N–H and O–H groups in total. The number of nitrogens with two attached hydrogens (primary N) is 1. The minimum absolute atomic E-state index is 0.00243. The molecular formula is C78H114B4N20O26S2. The number of carboxylic acid groups (broad SMARTS) is 1. The zero-order valence-electron chi connectivity index (χ0n) is 72.1. The molecule has 46 nitrogen and oxygen atoms in total. The quantitative estimate of drug-likeness (QED) is 0.0195. The Bertz CT molecular complexity index is 4490. The first-order valence-electron chi connectivity index (χ1n) is 44.2. The van der Waals surface area contributed by atoms with E-state index in [1.165, 1.54) is 44.6 Å². The Morgan fingerprint density at radius 1 is 0.385 bits per heavy atom. The van der Waals surface area contributed by atoms with Crippen LogP contribution in [0.15, 0.2) is 60.7 Å². The molecule has 0 saturated carbocycles. The van der Waals surface area contributed by atoms with Crippen LogP contribution in [-0.2, 0) is 95.4 Å². The third-order valence-electron chi connectivity index (χ3n) is 25.9. The van der Waals surface area contributed by atoms with Crippen LogP contribution in [-0.4, -0.2) is 408 Å². The van der Waals surface area contributed by atoms with E-state index in [0.717, 1.165) is 151 Å². The number of carbonyl (C=O) groups is 14. The van der Waals surface area contributed by atoms with E-state index in [2.05, 4.69) is 35.2 Å². The third-order valence-corrected chi connectivity index (χ3v) is 26.6. The van der Waals surface area contributed by atoms with Crippen molar-refractivity contribution in [1.82, 2.24) is 95.6 Å². The Morgan fingerprint density at radius 3 is 0.969 bits per heavy atom. The van der Waals surface area contributed by atoms with Crippen LogP contribution in [0, 0.1) is 0 Å². The Morgan fingerprint density at radius 2 is 0.654 bits per heavy atom. The Kier molecular flexibility index (Phi) is 35.7. The second-order valence-electron chi connectivity index (χ2n) is 34.4. The Hall–Kier alpha value is -9.54. The normalized spacial score (nSPS) is 26.8. The summed E-state index contributed by atoms with van der Waals surface area (Å²) in [5, 5.41) is 38.8. The number of carboxylic acids is 1. The van der Waals surface area contributed by atoms with Gasteiger partial charge in [0.1, 0.15) is 43.4 Å². The van der Waals surface area contributed by atoms with Gasteiger partial charge in [-0.25, -0.2) is 33.8 Å². The summed E-state index contributed by atoms with van der Waals surface area (Å²) in [6, 6.07) is 13.2. The summed E-state index contributed by atoms with van der Waals surface area (Å²) in [5.41, 5.74) is 7.65. The van der Waals surface area contributed by atoms with Gasteiger partial charge in [-0.1, -0.05) is 60.7 Å². The van der Waals surface area contributed by atoms with Crippen molar-refractivity contribution < 1.29 is 122 Å². The minimum atomic E-state index is -4.80. The number of hydroxylamine groups is 10. The van der Waals surface area contributed by atoms with Gasteiger partial charge in [-0.2, -0.15) is 37.1 Å². The average molecular weight is 1860 g/mol. The molecule has 14 amide bonds. The maximum absolute atomic E-state index is 12.9. The number of benzene rings is 2. The molecule has 10 atom stereocenters. The number of piperidine rings is 10. The van der Waals surface area contributed by atoms with E-state index in [-0.39, 0.29) is 91.1 Å². The Labute approximate surface area is 756 Å². The topological polar surface area (TPSA) is 557 Å². The molecule has 10 bridgehead atoms. The number of carbonyl (C=O) groups excluding carboxylic acids is 13. The van der Waals surface area contributed by atoms with E-state index in [4.69, 9.17) is 29.6 Å². The molecule has 17 rings (SSSR count). The molecule has 0 aliphatic carbocycles. The van der Waals surface area contributed by atoms with E-state index in [9.17, 15) is 89.2 Å². The zero-order chi connectivity index (χ0) is 92.9. The van der Waals surface area contributed by atoms with Crippen LogP contribution < -0.4 is 32.3 Å². The lowest BCUT2D eigenvalue weighted by Gasteiger charge is -2.34. The maximum atomic E-state index is 12.9. The number of fused-ring (bicyclic) bond motifs is 10. The number of nitrogens with one attached hydrogen (secondary N) is 5. The first-order valence-corrected chi connectivity index (χ1v) is 47.0. The fourth-order valence-electron chi connectivity index (χ4n) is 18.8. The molecule has 2 aromatic rings. The molecule has 15 aliphatic rings. The van der Waals surface area contributed by atoms with Gasteiger partial charge in [0.05, 0.1) is 55.0 Å². The molecule has 130 heavy (non-hydrogen) atoms. The summed E-state index contributed by atoms with van der Waals surface area (Å²) in [5.74, 6) is -1.68. The van der Waals surface area contributed by atoms with Crippen molar-refractivity contribution in [3.63, 3.8) is 0 Å². The summed E-state index contributed by atoms with van der Waals surface area (Å²) in [4.78, 5) is 191. The molecule has 0 unspecified atom stereocenters. The van der Waals surface area contributed by atoms with Crippen LogP contribution in [0.5, 0.6) is 0 Å². The third kappa shape index (κ3) is 26.7. The van der Waals surface area contributed by atoms with E-state index >= 15 is 0 Å². The van der Waals surface area contributed by atoms with Crippen molar-refractivity contribution in [2.24, 2.45) is 5.73 Å². The van der Waals surface area contributed by atoms with Crippen molar-refractivity contribution in [3.05, 3.63) is 71.8 Å². The summed E-state index contributed by atoms with van der Waals surface area (Å²) in [6.45, 7) is 10.3. The lowest BCUT2D eigenvalue weighted by atomic mass is 9.89. The summed E-state index contributed by atoms with van der Waals surface area (Å²) in [6.07, 6.45) is 16.8. The lowest BCUT2D eigenvalue weighted by molar-refractivity contribution is -0.143. The van der Waals surface area contributed by atoms with Crippen molar-refractivity contribution in [3.8, 4) is 0 Å². The highest BCUT2D eigenvalue weighted by atomic mass is 32.3. The van der Waals surface area contributed by atoms with Crippen molar-refractivity contribution in [1.29, 1.82) is 0 Å². The van der Waals surface area contributed by atoms with Crippen molar-refractivity contribution in [2.45, 2.75) is 232 Å². The standard InChI is InChI=1S/C20H26BN4O4.C14H16N2O4.C13H20BN4O7S.C13H20BN4O4.C12H20N4O6S.C6H12BN2O/c26-14-21-23-10-8-16(9-11-23)22-19(27)18-7-6-17-12-24(18)20(28)25(17)29-13-15-4-2-1-3-5-15;17-13(18)12-7-6-11-8-15(12)14(19)16(11)20-9-10-4-2-1-3-5-10;19-8-14-16-5-3-9(4-6-16)15-12(20)11-2-1-10-7-17(11)13(21)18(10)25-26(22,23)24;19-8-14-16-5-3-9(4-6-16)15-12(20)11-2-1-10-7-17(11)13(21)18(10)22;17-11(14-8-3-5-13-6-4-8)10-2-1-9-7-15(10)12(18)16(9)22-23(19,20)21;8-6-1-3-9(4-2-6)7-5-10/h1-5,14,16-18H,6-13H2,(H,22,27);1-5,11-12H,6-9H2,(H,17,18);8-11H,1-7H2,(H,15,20)(H,22,23,24);8-11,22H,1-7H2,(H,15,20);8-10,13H,1-7H2,(H,14,17)(H,19,20,21);5-6H,1-4,8H2/t17-,18+;11-,12+;2*10-,11+;9-,10+;/m11111./s1. The highest BCUT2D eigenvalue weighted by Gasteiger charge is 2.54. The molecule has 15 saturated heterocycles. The highest BCUT2D eigenvalue weighted by molar-refractivity contribution is 7.81. The molecular weight excluding hydrogens is 1740 g/mol. The van der Waals surface area contributed by atoms with Gasteiger partial charge in [0.2, 0.25) is 23.6 Å². The van der Waals surface area contributed by atoms with Gasteiger partial charge in [0.15, 0.2) is 0 Å². The number of hydrogen-bond donors (Lipinski definition) is 10. The van der Waals surface area contributed by atoms with Crippen LogP contribution in [0.2, 0.25) is 0 Å². The number of nitrogens with zero attached hydrogens (tertiary/aromatic N) is 14. The molecule has 15 heterocycles. The van der Waals surface area contributed by atoms with Crippen LogP contribution in [0.1, 0.15) is 140 Å². The van der Waals surface area contributed by atoms with E-state index < -0.39 is 87.2 Å². The molecule has 4 radical (unpaired) electrons. The number of rotatable bonds is 27. The molecule has 706 valence electrons. The summed E-state index contributed by atoms with van der Waals surface area (Å²) >= 11 is 0. The van der Waals surface area contributed by atoms with Gasteiger partial charge in [-0.3, -0.25) is 43.2 Å². The van der Waals surface area contributed by atoms with Gasteiger partial charge in [-0.05, 0) is 205 Å². The molecule has 15 fully saturated rings. The summed E-state index contributed by atoms with van der Waals surface area (Å²) < 4.78 is 69.7.